The van der Waals surface area contributed by atoms with E-state index in [1.165, 1.54) is 23.9 Å². The molecule has 30 heavy (non-hydrogen) atoms. The van der Waals surface area contributed by atoms with Gasteiger partial charge in [-0.3, -0.25) is 9.59 Å². The average Bonchev–Trinajstić information content (AvgIpc) is 2.72. The number of thioether (sulfide) groups is 1. The molecule has 2 N–H and O–H groups in total. The summed E-state index contributed by atoms with van der Waals surface area (Å²) < 4.78 is 30.9. The number of sulfone groups is 1. The molecule has 0 saturated heterocycles. The quantitative estimate of drug-likeness (QED) is 0.675. The van der Waals surface area contributed by atoms with Gasteiger partial charge in [0.25, 0.3) is 0 Å². The molecule has 1 aliphatic rings. The fraction of sp³-hybridized carbons (Fsp3) is 0.333. The molecule has 0 aliphatic carbocycles. The summed E-state index contributed by atoms with van der Waals surface area (Å²) in [6.07, 6.45) is 0. The maximum atomic E-state index is 12.8. The molecule has 2 amide bonds. The first kappa shape index (κ1) is 22.2. The first-order valence-electron chi connectivity index (χ1n) is 9.45. The highest BCUT2D eigenvalue weighted by Gasteiger charge is 2.27. The Kier molecular flexibility index (Phi) is 6.72. The molecule has 0 bridgehead atoms. The molecular formula is C21H24N2O5S2. The van der Waals surface area contributed by atoms with Crippen LogP contribution in [-0.4, -0.2) is 38.3 Å². The lowest BCUT2D eigenvalue weighted by atomic mass is 10.1. The molecule has 2 aromatic carbocycles. The van der Waals surface area contributed by atoms with Crippen LogP contribution in [0.5, 0.6) is 5.75 Å². The monoisotopic (exact) mass is 448 g/mol. The molecule has 9 heteroatoms. The van der Waals surface area contributed by atoms with E-state index in [0.717, 1.165) is 10.5 Å². The lowest BCUT2D eigenvalue weighted by molar-refractivity contribution is -0.124. The van der Waals surface area contributed by atoms with Crippen molar-refractivity contribution in [2.75, 3.05) is 18.2 Å². The summed E-state index contributed by atoms with van der Waals surface area (Å²) in [5, 5.41) is 5.27. The summed E-state index contributed by atoms with van der Waals surface area (Å²) in [7, 11) is -2.16. The van der Waals surface area contributed by atoms with E-state index < -0.39 is 15.8 Å². The van der Waals surface area contributed by atoms with Crippen LogP contribution in [0.15, 0.2) is 52.3 Å². The Balaban J connectivity index is 1.67. The number of rotatable bonds is 7. The average molecular weight is 449 g/mol. The summed E-state index contributed by atoms with van der Waals surface area (Å²) in [6, 6.07) is 12.0. The van der Waals surface area contributed by atoms with Gasteiger partial charge in [-0.25, -0.2) is 8.42 Å². The smallest absolute Gasteiger partial charge is 0.237 e. The van der Waals surface area contributed by atoms with Crippen LogP contribution in [0.3, 0.4) is 0 Å². The van der Waals surface area contributed by atoms with E-state index in [1.807, 2.05) is 18.2 Å². The highest BCUT2D eigenvalue weighted by atomic mass is 32.2. The van der Waals surface area contributed by atoms with Crippen molar-refractivity contribution in [3.8, 4) is 5.75 Å². The van der Waals surface area contributed by atoms with Crippen molar-refractivity contribution in [2.24, 2.45) is 5.92 Å². The van der Waals surface area contributed by atoms with Crippen molar-refractivity contribution >= 4 is 39.1 Å². The molecule has 1 heterocycles. The minimum Gasteiger partial charge on any atom is -0.496 e. The molecule has 0 spiro atoms. The number of nitrogens with one attached hydrogen (secondary N) is 2. The van der Waals surface area contributed by atoms with Crippen LogP contribution in [0.2, 0.25) is 0 Å². The van der Waals surface area contributed by atoms with E-state index in [1.54, 1.807) is 33.1 Å². The normalized spacial score (nSPS) is 16.9. The summed E-state index contributed by atoms with van der Waals surface area (Å²) in [4.78, 5) is 25.2. The third-order valence-electron chi connectivity index (χ3n) is 4.80. The topological polar surface area (TPSA) is 102 Å². The van der Waals surface area contributed by atoms with E-state index in [9.17, 15) is 18.0 Å². The number of carbonyl (C=O) groups is 2. The van der Waals surface area contributed by atoms with Gasteiger partial charge < -0.3 is 15.4 Å². The SMILES string of the molecule is COc1ccccc1CNC(=O)[C@@H](C)CS(=O)(=O)c1ccc2c(c1)NC(=O)[C@H](C)S2. The van der Waals surface area contributed by atoms with Crippen molar-refractivity contribution in [3.63, 3.8) is 0 Å². The Morgan fingerprint density at radius 3 is 2.73 bits per heavy atom. The lowest BCUT2D eigenvalue weighted by Crippen LogP contribution is -2.33. The molecule has 0 saturated carbocycles. The predicted octanol–water partition coefficient (Wildman–Crippen LogP) is 2.85. The van der Waals surface area contributed by atoms with Gasteiger partial charge in [0.1, 0.15) is 5.75 Å². The molecule has 0 unspecified atom stereocenters. The first-order chi connectivity index (χ1) is 14.2. The second-order valence-electron chi connectivity index (χ2n) is 7.12. The summed E-state index contributed by atoms with van der Waals surface area (Å²) in [6.45, 7) is 3.61. The fourth-order valence-corrected chi connectivity index (χ4v) is 5.59. The van der Waals surface area contributed by atoms with Gasteiger partial charge in [0.05, 0.1) is 28.7 Å². The minimum absolute atomic E-state index is 0.0843. The van der Waals surface area contributed by atoms with Gasteiger partial charge in [-0.2, -0.15) is 0 Å². The zero-order valence-electron chi connectivity index (χ0n) is 17.0. The van der Waals surface area contributed by atoms with Crippen LogP contribution in [0.25, 0.3) is 0 Å². The van der Waals surface area contributed by atoms with Crippen LogP contribution >= 0.6 is 11.8 Å². The minimum atomic E-state index is -3.71. The molecule has 2 atom stereocenters. The van der Waals surface area contributed by atoms with Gasteiger partial charge in [0.2, 0.25) is 11.8 Å². The van der Waals surface area contributed by atoms with Crippen LogP contribution in [0.4, 0.5) is 5.69 Å². The van der Waals surface area contributed by atoms with E-state index in [0.29, 0.717) is 11.4 Å². The van der Waals surface area contributed by atoms with Crippen LogP contribution in [0.1, 0.15) is 19.4 Å². The third kappa shape index (κ3) is 4.96. The molecule has 2 aromatic rings. The Morgan fingerprint density at radius 1 is 1.27 bits per heavy atom. The third-order valence-corrected chi connectivity index (χ3v) is 7.89. The number of ether oxygens (including phenoxy) is 1. The molecule has 3 rings (SSSR count). The summed E-state index contributed by atoms with van der Waals surface area (Å²) >= 11 is 1.38. The summed E-state index contributed by atoms with van der Waals surface area (Å²) in [5.74, 6) is -0.946. The van der Waals surface area contributed by atoms with E-state index >= 15 is 0 Å². The molecule has 1 aliphatic heterocycles. The van der Waals surface area contributed by atoms with Crippen molar-refractivity contribution in [1.82, 2.24) is 5.32 Å². The van der Waals surface area contributed by atoms with Crippen molar-refractivity contribution < 1.29 is 22.7 Å². The Morgan fingerprint density at radius 2 is 2.00 bits per heavy atom. The number of fused-ring (bicyclic) bond motifs is 1. The number of anilines is 1. The van der Waals surface area contributed by atoms with Gasteiger partial charge in [-0.15, -0.1) is 11.8 Å². The lowest BCUT2D eigenvalue weighted by Gasteiger charge is -2.22. The van der Waals surface area contributed by atoms with Crippen LogP contribution in [-0.2, 0) is 26.0 Å². The first-order valence-corrected chi connectivity index (χ1v) is 12.0. The number of benzene rings is 2. The number of amides is 2. The number of para-hydroxylation sites is 1. The number of hydrogen-bond acceptors (Lipinski definition) is 6. The van der Waals surface area contributed by atoms with Gasteiger partial charge in [0.15, 0.2) is 9.84 Å². The number of carbonyl (C=O) groups excluding carboxylic acids is 2. The number of hydrogen-bond donors (Lipinski definition) is 2. The summed E-state index contributed by atoms with van der Waals surface area (Å²) in [5.41, 5.74) is 1.29. The number of methoxy groups -OCH3 is 1. The molecule has 160 valence electrons. The van der Waals surface area contributed by atoms with E-state index in [-0.39, 0.29) is 34.3 Å². The van der Waals surface area contributed by atoms with Crippen LogP contribution in [0, 0.1) is 5.92 Å². The second-order valence-corrected chi connectivity index (χ2v) is 10.5. The zero-order chi connectivity index (χ0) is 21.9. The van der Waals surface area contributed by atoms with Crippen LogP contribution < -0.4 is 15.4 Å². The van der Waals surface area contributed by atoms with Crippen molar-refractivity contribution in [2.45, 2.75) is 35.4 Å². The molecule has 7 nitrogen and oxygen atoms in total. The maximum Gasteiger partial charge on any atom is 0.237 e. The Labute approximate surface area is 180 Å². The molecule has 0 radical (unpaired) electrons. The van der Waals surface area contributed by atoms with E-state index in [4.69, 9.17) is 4.74 Å². The molecule has 0 aromatic heterocycles. The largest absolute Gasteiger partial charge is 0.496 e. The van der Waals surface area contributed by atoms with Gasteiger partial charge in [0, 0.05) is 22.9 Å². The zero-order valence-corrected chi connectivity index (χ0v) is 18.6. The standard InChI is InChI=1S/C21H24N2O5S2/c1-13(20(24)22-11-15-6-4-5-7-18(15)28-3)12-30(26,27)16-8-9-19-17(10-16)23-21(25)14(2)29-19/h4-10,13-14H,11-12H2,1-3H3,(H,22,24)(H,23,25)/t13-,14-/m0/s1. The van der Waals surface area contributed by atoms with Crippen molar-refractivity contribution in [3.05, 3.63) is 48.0 Å². The second kappa shape index (κ2) is 9.09. The van der Waals surface area contributed by atoms with Gasteiger partial charge >= 0.3 is 0 Å². The van der Waals surface area contributed by atoms with Gasteiger partial charge in [-0.05, 0) is 31.2 Å². The van der Waals surface area contributed by atoms with E-state index in [2.05, 4.69) is 10.6 Å². The fourth-order valence-electron chi connectivity index (χ4n) is 3.09. The Hall–Kier alpha value is -2.52. The van der Waals surface area contributed by atoms with Gasteiger partial charge in [-0.1, -0.05) is 25.1 Å². The Bertz CT molecular complexity index is 1070. The highest BCUT2D eigenvalue weighted by Crippen LogP contribution is 2.37. The van der Waals surface area contributed by atoms with Crippen molar-refractivity contribution in [1.29, 1.82) is 0 Å². The molecular weight excluding hydrogens is 424 g/mol. The maximum absolute atomic E-state index is 12.8. The highest BCUT2D eigenvalue weighted by molar-refractivity contribution is 8.01. The predicted molar refractivity (Wildman–Crippen MR) is 116 cm³/mol. The molecule has 0 fully saturated rings.